The Morgan fingerprint density at radius 2 is 1.67 bits per heavy atom. The lowest BCUT2D eigenvalue weighted by Crippen LogP contribution is -2.28. The van der Waals surface area contributed by atoms with Crippen LogP contribution in [0.25, 0.3) is 33.2 Å². The molecule has 13 heteroatoms. The number of phenols is 1. The van der Waals surface area contributed by atoms with Crippen molar-refractivity contribution in [2.75, 3.05) is 39.3 Å². The maximum Gasteiger partial charge on any atom is 0.262 e. The molecule has 0 aliphatic carbocycles. The molecule has 236 valence electrons. The fraction of sp³-hybridized carbons (Fsp3) is 0.242. The van der Waals surface area contributed by atoms with E-state index in [2.05, 4.69) is 9.97 Å². The van der Waals surface area contributed by atoms with Crippen LogP contribution in [-0.4, -0.2) is 67.9 Å². The van der Waals surface area contributed by atoms with Crippen molar-refractivity contribution in [3.8, 4) is 17.0 Å². The fourth-order valence-corrected chi connectivity index (χ4v) is 5.25. The average Bonchev–Trinajstić information content (AvgIpc) is 3.42. The molecule has 0 saturated heterocycles. The second-order valence-corrected chi connectivity index (χ2v) is 10.5. The zero-order valence-electron chi connectivity index (χ0n) is 25.1. The standard InChI is InChI=1S/C33H32FN7O5/c1-44-12-13-45-14-15-46-19-23-8-5-11-26-28(23)33(43)40(17-22-6-2-3-10-25(22)34)27(38-26)18-41-32-29(31(35)36-20-37-32)30(39-41)21-7-4-9-24(42)16-21/h2-11,16,20,42H,12-15,17-19H2,1H3,(H2,35,36,37). The number of nitrogens with two attached hydrogens (primary N) is 1. The SMILES string of the molecule is COCCOCCOCc1cccc2nc(Cn3nc(-c4cccc(O)c4)c4c(N)ncnc43)n(Cc3ccccc3F)c(=O)c12. The third-order valence-corrected chi connectivity index (χ3v) is 7.47. The molecule has 0 unspecified atom stereocenters. The number of nitrogen functional groups attached to an aromatic ring is 1. The molecule has 12 nitrogen and oxygen atoms in total. The van der Waals surface area contributed by atoms with Crippen LogP contribution >= 0.6 is 0 Å². The van der Waals surface area contributed by atoms with E-state index in [1.54, 1.807) is 60.3 Å². The van der Waals surface area contributed by atoms with Gasteiger partial charge in [0.25, 0.3) is 5.56 Å². The highest BCUT2D eigenvalue weighted by Crippen LogP contribution is 2.32. The van der Waals surface area contributed by atoms with Gasteiger partial charge in [0.2, 0.25) is 0 Å². The normalized spacial score (nSPS) is 11.5. The van der Waals surface area contributed by atoms with E-state index in [1.807, 2.05) is 12.1 Å². The van der Waals surface area contributed by atoms with Crippen molar-refractivity contribution in [1.82, 2.24) is 29.3 Å². The van der Waals surface area contributed by atoms with Crippen molar-refractivity contribution in [2.45, 2.75) is 19.7 Å². The summed E-state index contributed by atoms with van der Waals surface area (Å²) in [5.74, 6) is 0.152. The number of hydrogen-bond donors (Lipinski definition) is 2. The summed E-state index contributed by atoms with van der Waals surface area (Å²) in [5.41, 5.74) is 8.84. The summed E-state index contributed by atoms with van der Waals surface area (Å²) in [5, 5.41) is 15.8. The van der Waals surface area contributed by atoms with Crippen LogP contribution in [-0.2, 0) is 33.9 Å². The van der Waals surface area contributed by atoms with Gasteiger partial charge in [-0.2, -0.15) is 5.10 Å². The number of aromatic nitrogens is 6. The van der Waals surface area contributed by atoms with E-state index in [9.17, 15) is 14.3 Å². The number of halogens is 1. The van der Waals surface area contributed by atoms with Gasteiger partial charge in [0, 0.05) is 18.2 Å². The lowest BCUT2D eigenvalue weighted by molar-refractivity contribution is 0.0202. The summed E-state index contributed by atoms with van der Waals surface area (Å²) < 4.78 is 34.2. The number of methoxy groups -OCH3 is 1. The number of anilines is 1. The molecule has 0 saturated carbocycles. The highest BCUT2D eigenvalue weighted by Gasteiger charge is 2.21. The third-order valence-electron chi connectivity index (χ3n) is 7.47. The van der Waals surface area contributed by atoms with Crippen molar-refractivity contribution >= 4 is 27.8 Å². The summed E-state index contributed by atoms with van der Waals surface area (Å²) in [4.78, 5) is 27.7. The molecule has 3 heterocycles. The summed E-state index contributed by atoms with van der Waals surface area (Å²) in [7, 11) is 1.61. The zero-order valence-corrected chi connectivity index (χ0v) is 25.1. The molecule has 3 N–H and O–H groups in total. The van der Waals surface area contributed by atoms with Crippen LogP contribution in [0.2, 0.25) is 0 Å². The maximum atomic E-state index is 14.9. The number of benzene rings is 3. The number of rotatable bonds is 13. The second-order valence-electron chi connectivity index (χ2n) is 10.5. The Morgan fingerprint density at radius 3 is 2.50 bits per heavy atom. The first-order valence-electron chi connectivity index (χ1n) is 14.6. The van der Waals surface area contributed by atoms with Gasteiger partial charge in [-0.25, -0.2) is 24.0 Å². The van der Waals surface area contributed by atoms with Gasteiger partial charge in [-0.15, -0.1) is 0 Å². The van der Waals surface area contributed by atoms with Gasteiger partial charge in [-0.05, 0) is 29.8 Å². The van der Waals surface area contributed by atoms with Crippen molar-refractivity contribution in [3.05, 3.63) is 106 Å². The van der Waals surface area contributed by atoms with Crippen LogP contribution in [0.4, 0.5) is 10.2 Å². The van der Waals surface area contributed by atoms with Crippen molar-refractivity contribution in [1.29, 1.82) is 0 Å². The van der Waals surface area contributed by atoms with Crippen molar-refractivity contribution in [3.63, 3.8) is 0 Å². The number of phenolic OH excluding ortho intramolecular Hbond substituents is 1. The molecule has 0 radical (unpaired) electrons. The number of fused-ring (bicyclic) bond motifs is 2. The molecule has 3 aromatic heterocycles. The molecule has 6 aromatic rings. The van der Waals surface area contributed by atoms with E-state index in [-0.39, 0.29) is 36.8 Å². The molecule has 0 amide bonds. The molecule has 0 atom stereocenters. The minimum Gasteiger partial charge on any atom is -0.508 e. The number of aromatic hydroxyl groups is 1. The largest absolute Gasteiger partial charge is 0.508 e. The summed E-state index contributed by atoms with van der Waals surface area (Å²) in [6, 6.07) is 18.3. The van der Waals surface area contributed by atoms with Gasteiger partial charge in [0.05, 0.1) is 55.9 Å². The zero-order chi connectivity index (χ0) is 32.0. The first kappa shape index (κ1) is 30.8. The Kier molecular flexibility index (Phi) is 9.24. The van der Waals surface area contributed by atoms with Crippen LogP contribution in [0.1, 0.15) is 17.0 Å². The van der Waals surface area contributed by atoms with E-state index < -0.39 is 5.82 Å². The second kappa shape index (κ2) is 13.8. The maximum absolute atomic E-state index is 14.9. The lowest BCUT2D eigenvalue weighted by atomic mass is 10.1. The van der Waals surface area contributed by atoms with Crippen molar-refractivity contribution < 1.29 is 23.7 Å². The lowest BCUT2D eigenvalue weighted by Gasteiger charge is -2.16. The van der Waals surface area contributed by atoms with E-state index in [4.69, 9.17) is 30.0 Å². The molecule has 0 spiro atoms. The molecule has 0 aliphatic rings. The molecular formula is C33H32FN7O5. The Hall–Kier alpha value is -5.24. The summed E-state index contributed by atoms with van der Waals surface area (Å²) in [6.45, 7) is 1.76. The monoisotopic (exact) mass is 625 g/mol. The minimum atomic E-state index is -0.443. The molecule has 0 aliphatic heterocycles. The molecule has 6 rings (SSSR count). The molecular weight excluding hydrogens is 593 g/mol. The third kappa shape index (κ3) is 6.42. The fourth-order valence-electron chi connectivity index (χ4n) is 5.25. The van der Waals surface area contributed by atoms with Crippen LogP contribution < -0.4 is 11.3 Å². The first-order chi connectivity index (χ1) is 22.4. The van der Waals surface area contributed by atoms with Crippen LogP contribution in [0, 0.1) is 5.82 Å². The van der Waals surface area contributed by atoms with Gasteiger partial charge >= 0.3 is 0 Å². The first-order valence-corrected chi connectivity index (χ1v) is 14.6. The Morgan fingerprint density at radius 1 is 0.891 bits per heavy atom. The van der Waals surface area contributed by atoms with Gasteiger partial charge in [-0.3, -0.25) is 9.36 Å². The average molecular weight is 626 g/mol. The molecule has 3 aromatic carbocycles. The van der Waals surface area contributed by atoms with E-state index in [0.29, 0.717) is 76.6 Å². The van der Waals surface area contributed by atoms with E-state index >= 15 is 0 Å². The van der Waals surface area contributed by atoms with Crippen LogP contribution in [0.15, 0.2) is 77.9 Å². The number of ether oxygens (including phenoxy) is 3. The highest BCUT2D eigenvalue weighted by molar-refractivity contribution is 5.98. The summed E-state index contributed by atoms with van der Waals surface area (Å²) in [6.07, 6.45) is 1.33. The Labute approximate surface area is 262 Å². The predicted molar refractivity (Wildman–Crippen MR) is 170 cm³/mol. The van der Waals surface area contributed by atoms with Gasteiger partial charge in [0.1, 0.15) is 41.8 Å². The Bertz CT molecular complexity index is 2060. The topological polar surface area (TPSA) is 152 Å². The quantitative estimate of drug-likeness (QED) is 0.181. The smallest absolute Gasteiger partial charge is 0.262 e. The molecule has 0 bridgehead atoms. The van der Waals surface area contributed by atoms with Crippen LogP contribution in [0.3, 0.4) is 0 Å². The molecule has 0 fully saturated rings. The molecule has 46 heavy (non-hydrogen) atoms. The van der Waals surface area contributed by atoms with Crippen molar-refractivity contribution in [2.24, 2.45) is 0 Å². The minimum absolute atomic E-state index is 0.00490. The van der Waals surface area contributed by atoms with Gasteiger partial charge in [0.15, 0.2) is 5.65 Å². The predicted octanol–water partition coefficient (Wildman–Crippen LogP) is 3.91. The van der Waals surface area contributed by atoms with Gasteiger partial charge in [-0.1, -0.05) is 42.5 Å². The van der Waals surface area contributed by atoms with Crippen LogP contribution in [0.5, 0.6) is 5.75 Å². The number of hydrogen-bond acceptors (Lipinski definition) is 10. The number of nitrogens with zero attached hydrogens (tertiary/aromatic N) is 6. The van der Waals surface area contributed by atoms with E-state index in [0.717, 1.165) is 0 Å². The van der Waals surface area contributed by atoms with E-state index in [1.165, 1.54) is 17.0 Å². The summed E-state index contributed by atoms with van der Waals surface area (Å²) >= 11 is 0. The van der Waals surface area contributed by atoms with Gasteiger partial charge < -0.3 is 25.1 Å². The highest BCUT2D eigenvalue weighted by atomic mass is 19.1. The Balaban J connectivity index is 1.43.